The van der Waals surface area contributed by atoms with Gasteiger partial charge in [-0.1, -0.05) is 51.5 Å². The summed E-state index contributed by atoms with van der Waals surface area (Å²) in [5, 5.41) is 8.16. The highest BCUT2D eigenvalue weighted by Gasteiger charge is 2.16. The molecule has 2 aromatic carbocycles. The van der Waals surface area contributed by atoms with Gasteiger partial charge >= 0.3 is 0 Å². The predicted octanol–water partition coefficient (Wildman–Crippen LogP) is 3.35. The van der Waals surface area contributed by atoms with Crippen molar-refractivity contribution in [2.45, 2.75) is 13.0 Å². The summed E-state index contributed by atoms with van der Waals surface area (Å²) in [5.41, 5.74) is 2.33. The van der Waals surface area contributed by atoms with Crippen LogP contribution in [0.5, 0.6) is 0 Å². The van der Waals surface area contributed by atoms with Gasteiger partial charge in [0.15, 0.2) is 11.2 Å². The summed E-state index contributed by atoms with van der Waals surface area (Å²) >= 11 is 3.40. The molecule has 7 heteroatoms. The second kappa shape index (κ2) is 6.25. The van der Waals surface area contributed by atoms with Gasteiger partial charge in [-0.3, -0.25) is 9.36 Å². The van der Waals surface area contributed by atoms with Crippen LogP contribution in [0.4, 0.5) is 0 Å². The molecule has 0 aliphatic rings. The van der Waals surface area contributed by atoms with E-state index >= 15 is 0 Å². The highest BCUT2D eigenvalue weighted by Crippen LogP contribution is 2.18. The molecule has 2 heterocycles. The van der Waals surface area contributed by atoms with Crippen LogP contribution in [0.2, 0.25) is 0 Å². The lowest BCUT2D eigenvalue weighted by Gasteiger charge is -2.14. The Hall–Kier alpha value is -2.80. The van der Waals surface area contributed by atoms with Crippen molar-refractivity contribution in [3.05, 3.63) is 81.3 Å². The first kappa shape index (κ1) is 15.7. The zero-order chi connectivity index (χ0) is 17.4. The van der Waals surface area contributed by atoms with Gasteiger partial charge < -0.3 is 0 Å². The number of nitrogens with zero attached hydrogens (tertiary/aromatic N) is 5. The predicted molar refractivity (Wildman–Crippen MR) is 98.9 cm³/mol. The quantitative estimate of drug-likeness (QED) is 0.533. The summed E-state index contributed by atoms with van der Waals surface area (Å²) in [7, 11) is 0. The lowest BCUT2D eigenvalue weighted by Crippen LogP contribution is -2.24. The molecule has 6 nitrogen and oxygen atoms in total. The number of halogens is 1. The summed E-state index contributed by atoms with van der Waals surface area (Å²) in [6.45, 7) is 1.96. The van der Waals surface area contributed by atoms with Crippen LogP contribution in [-0.4, -0.2) is 24.5 Å². The fraction of sp³-hybridized carbons (Fsp3) is 0.111. The molecule has 4 aromatic rings. The first-order chi connectivity index (χ1) is 12.1. The molecule has 0 bridgehead atoms. The second-order valence-corrected chi connectivity index (χ2v) is 6.61. The van der Waals surface area contributed by atoms with E-state index in [1.807, 2.05) is 61.5 Å². The molecule has 0 saturated carbocycles. The molecule has 0 unspecified atom stereocenters. The highest BCUT2D eigenvalue weighted by molar-refractivity contribution is 9.10. The Balaban J connectivity index is 1.82. The van der Waals surface area contributed by atoms with Gasteiger partial charge in [0.05, 0.1) is 11.7 Å². The highest BCUT2D eigenvalue weighted by atomic mass is 79.9. The van der Waals surface area contributed by atoms with Crippen molar-refractivity contribution in [2.24, 2.45) is 0 Å². The summed E-state index contributed by atoms with van der Waals surface area (Å²) in [5.74, 6) is 0. The Morgan fingerprint density at radius 2 is 1.76 bits per heavy atom. The van der Waals surface area contributed by atoms with Gasteiger partial charge in [-0.2, -0.15) is 4.68 Å². The van der Waals surface area contributed by atoms with E-state index in [1.54, 1.807) is 15.6 Å². The van der Waals surface area contributed by atoms with Crippen LogP contribution in [-0.2, 0) is 0 Å². The monoisotopic (exact) mass is 395 g/mol. The summed E-state index contributed by atoms with van der Waals surface area (Å²) < 4.78 is 4.12. The van der Waals surface area contributed by atoms with Gasteiger partial charge in [0, 0.05) is 4.47 Å². The van der Waals surface area contributed by atoms with Gasteiger partial charge in [-0.25, -0.2) is 4.98 Å². The molecule has 0 amide bonds. The van der Waals surface area contributed by atoms with E-state index in [9.17, 15) is 4.79 Å². The molecule has 0 aliphatic carbocycles. The summed E-state index contributed by atoms with van der Waals surface area (Å²) in [6.07, 6.45) is 1.56. The van der Waals surface area contributed by atoms with E-state index in [4.69, 9.17) is 0 Å². The Bertz CT molecular complexity index is 1090. The minimum Gasteiger partial charge on any atom is -0.290 e. The number of aromatic nitrogens is 5. The van der Waals surface area contributed by atoms with Crippen molar-refractivity contribution < 1.29 is 0 Å². The van der Waals surface area contributed by atoms with E-state index in [1.165, 1.54) is 0 Å². The maximum absolute atomic E-state index is 12.8. The van der Waals surface area contributed by atoms with Gasteiger partial charge in [0.1, 0.15) is 6.33 Å². The van der Waals surface area contributed by atoms with Gasteiger partial charge in [-0.05, 0) is 36.8 Å². The number of fused-ring (bicyclic) bond motifs is 1. The fourth-order valence-electron chi connectivity index (χ4n) is 2.75. The SMILES string of the molecule is C[C@H](c1ccccc1)n1cnc2c(nnn2-c2ccc(Br)cc2)c1=O. The molecule has 1 atom stereocenters. The third kappa shape index (κ3) is 2.76. The summed E-state index contributed by atoms with van der Waals surface area (Å²) in [6, 6.07) is 17.3. The van der Waals surface area contributed by atoms with E-state index in [0.29, 0.717) is 5.65 Å². The standard InChI is InChI=1S/C18H14BrN5O/c1-12(13-5-3-2-4-6-13)23-11-20-17-16(18(23)25)21-22-24(17)15-9-7-14(19)8-10-15/h2-12H,1H3/t12-/m1/s1. The zero-order valence-corrected chi connectivity index (χ0v) is 15.0. The lowest BCUT2D eigenvalue weighted by molar-refractivity contribution is 0.607. The van der Waals surface area contributed by atoms with Crippen molar-refractivity contribution in [2.75, 3.05) is 0 Å². The Kier molecular flexibility index (Phi) is 3.93. The third-order valence-electron chi connectivity index (χ3n) is 4.16. The smallest absolute Gasteiger partial charge is 0.284 e. The van der Waals surface area contributed by atoms with Crippen LogP contribution in [0.3, 0.4) is 0 Å². The van der Waals surface area contributed by atoms with Crippen LogP contribution in [0, 0.1) is 0 Å². The first-order valence-corrected chi connectivity index (χ1v) is 8.58. The molecular formula is C18H14BrN5O. The maximum Gasteiger partial charge on any atom is 0.284 e. The number of benzene rings is 2. The van der Waals surface area contributed by atoms with Crippen LogP contribution < -0.4 is 5.56 Å². The second-order valence-electron chi connectivity index (χ2n) is 5.69. The van der Waals surface area contributed by atoms with E-state index < -0.39 is 0 Å². The van der Waals surface area contributed by atoms with Gasteiger partial charge in [-0.15, -0.1) is 5.10 Å². The Labute approximate surface area is 151 Å². The van der Waals surface area contributed by atoms with E-state index in [-0.39, 0.29) is 17.1 Å². The normalized spacial score (nSPS) is 12.4. The summed E-state index contributed by atoms with van der Waals surface area (Å²) in [4.78, 5) is 17.3. The van der Waals surface area contributed by atoms with Crippen LogP contribution >= 0.6 is 15.9 Å². The molecule has 0 saturated heterocycles. The molecule has 2 aromatic heterocycles. The van der Waals surface area contributed by atoms with Crippen molar-refractivity contribution in [1.82, 2.24) is 24.5 Å². The topological polar surface area (TPSA) is 65.6 Å². The fourth-order valence-corrected chi connectivity index (χ4v) is 3.01. The molecule has 0 fully saturated rings. The maximum atomic E-state index is 12.8. The van der Waals surface area contributed by atoms with Crippen molar-refractivity contribution in [1.29, 1.82) is 0 Å². The Morgan fingerprint density at radius 1 is 1.04 bits per heavy atom. The average Bonchev–Trinajstić information content (AvgIpc) is 3.08. The van der Waals surface area contributed by atoms with Crippen LogP contribution in [0.15, 0.2) is 70.2 Å². The largest absolute Gasteiger partial charge is 0.290 e. The van der Waals surface area contributed by atoms with Crippen molar-refractivity contribution in [3.63, 3.8) is 0 Å². The number of hydrogen-bond acceptors (Lipinski definition) is 4. The van der Waals surface area contributed by atoms with Crippen molar-refractivity contribution in [3.8, 4) is 5.69 Å². The molecule has 25 heavy (non-hydrogen) atoms. The lowest BCUT2D eigenvalue weighted by atomic mass is 10.1. The van der Waals surface area contributed by atoms with E-state index in [0.717, 1.165) is 15.7 Å². The van der Waals surface area contributed by atoms with Crippen LogP contribution in [0.1, 0.15) is 18.5 Å². The molecule has 4 rings (SSSR count). The molecule has 0 N–H and O–H groups in total. The van der Waals surface area contributed by atoms with Gasteiger partial charge in [0.25, 0.3) is 5.56 Å². The van der Waals surface area contributed by atoms with Crippen LogP contribution in [0.25, 0.3) is 16.9 Å². The first-order valence-electron chi connectivity index (χ1n) is 7.78. The van der Waals surface area contributed by atoms with E-state index in [2.05, 4.69) is 31.2 Å². The average molecular weight is 396 g/mol. The Morgan fingerprint density at radius 3 is 2.48 bits per heavy atom. The number of hydrogen-bond donors (Lipinski definition) is 0. The van der Waals surface area contributed by atoms with Crippen molar-refractivity contribution >= 4 is 27.1 Å². The molecule has 0 aliphatic heterocycles. The number of rotatable bonds is 3. The molecular weight excluding hydrogens is 382 g/mol. The zero-order valence-electron chi connectivity index (χ0n) is 13.4. The van der Waals surface area contributed by atoms with Gasteiger partial charge in [0.2, 0.25) is 0 Å². The third-order valence-corrected chi connectivity index (χ3v) is 4.69. The minimum absolute atomic E-state index is 0.136. The molecule has 0 spiro atoms. The minimum atomic E-state index is -0.204. The molecule has 124 valence electrons. The molecule has 0 radical (unpaired) electrons.